The van der Waals surface area contributed by atoms with Crippen LogP contribution in [0.25, 0.3) is 5.76 Å². The summed E-state index contributed by atoms with van der Waals surface area (Å²) in [6, 6.07) is 23.3. The molecule has 192 valence electrons. The third-order valence-electron chi connectivity index (χ3n) is 6.19. The van der Waals surface area contributed by atoms with E-state index in [9.17, 15) is 14.7 Å². The quantitative estimate of drug-likeness (QED) is 0.248. The molecule has 37 heavy (non-hydrogen) atoms. The number of likely N-dealkylation sites (tertiary alicyclic amines) is 1. The number of hydrogen-bond donors (Lipinski definition) is 1. The first-order chi connectivity index (χ1) is 17.9. The first-order valence-corrected chi connectivity index (χ1v) is 12.3. The van der Waals surface area contributed by atoms with Gasteiger partial charge in [0, 0.05) is 18.7 Å². The molecule has 1 aliphatic rings. The molecule has 1 fully saturated rings. The average Bonchev–Trinajstić information content (AvgIpc) is 3.16. The number of carbonyl (C=O) groups excluding carboxylic acids is 2. The molecule has 1 saturated heterocycles. The molecule has 0 radical (unpaired) electrons. The molecule has 0 saturated carbocycles. The number of carbonyl (C=O) groups is 2. The number of aliphatic hydroxyl groups excluding tert-OH is 1. The number of hydrogen-bond acceptors (Lipinski definition) is 6. The Kier molecular flexibility index (Phi) is 8.25. The zero-order chi connectivity index (χ0) is 26.4. The molecule has 0 aromatic heterocycles. The number of nitrogens with zero attached hydrogens (tertiary/aromatic N) is 2. The SMILES string of the molecule is CCOc1cccc(C(O)=C2C(=O)C(=O)N(CCN(C)C)C2c2ccc(OCc3ccccc3)cc2)c1. The van der Waals surface area contributed by atoms with Gasteiger partial charge in [-0.2, -0.15) is 0 Å². The number of Topliss-reactive ketones (excluding diaryl/α,β-unsaturated/α-hetero) is 1. The molecule has 0 aliphatic carbocycles. The summed E-state index contributed by atoms with van der Waals surface area (Å²) in [7, 11) is 3.81. The number of amides is 1. The van der Waals surface area contributed by atoms with E-state index in [1.165, 1.54) is 4.90 Å². The predicted molar refractivity (Wildman–Crippen MR) is 142 cm³/mol. The molecule has 4 rings (SSSR count). The molecule has 1 unspecified atom stereocenters. The van der Waals surface area contributed by atoms with E-state index in [2.05, 4.69) is 0 Å². The third kappa shape index (κ3) is 6.01. The van der Waals surface area contributed by atoms with Gasteiger partial charge in [-0.05, 0) is 56.4 Å². The Hall–Kier alpha value is -4.10. The van der Waals surface area contributed by atoms with Crippen LogP contribution in [-0.4, -0.2) is 60.4 Å². The van der Waals surface area contributed by atoms with Crippen LogP contribution >= 0.6 is 0 Å². The van der Waals surface area contributed by atoms with Crippen LogP contribution in [0.15, 0.2) is 84.4 Å². The maximum Gasteiger partial charge on any atom is 0.295 e. The van der Waals surface area contributed by atoms with Crippen molar-refractivity contribution >= 4 is 17.4 Å². The summed E-state index contributed by atoms with van der Waals surface area (Å²) in [6.07, 6.45) is 0. The topological polar surface area (TPSA) is 79.3 Å². The summed E-state index contributed by atoms with van der Waals surface area (Å²) < 4.78 is 11.5. The zero-order valence-corrected chi connectivity index (χ0v) is 21.4. The third-order valence-corrected chi connectivity index (χ3v) is 6.19. The molecule has 7 nitrogen and oxygen atoms in total. The summed E-state index contributed by atoms with van der Waals surface area (Å²) in [5, 5.41) is 11.3. The number of ether oxygens (including phenoxy) is 2. The second kappa shape index (κ2) is 11.8. The van der Waals surface area contributed by atoms with E-state index in [0.717, 1.165) is 5.56 Å². The van der Waals surface area contributed by atoms with E-state index in [1.807, 2.05) is 80.5 Å². The lowest BCUT2D eigenvalue weighted by Crippen LogP contribution is -2.35. The average molecular weight is 501 g/mol. The molecule has 1 atom stereocenters. The maximum atomic E-state index is 13.2. The number of ketones is 1. The normalized spacial score (nSPS) is 16.9. The van der Waals surface area contributed by atoms with Crippen LogP contribution in [0.5, 0.6) is 11.5 Å². The van der Waals surface area contributed by atoms with Gasteiger partial charge in [0.05, 0.1) is 18.2 Å². The molecule has 1 heterocycles. The van der Waals surface area contributed by atoms with Gasteiger partial charge in [-0.1, -0.05) is 54.6 Å². The van der Waals surface area contributed by atoms with E-state index in [1.54, 1.807) is 24.3 Å². The minimum atomic E-state index is -0.723. The molecular formula is C30H32N2O5. The van der Waals surface area contributed by atoms with Crippen molar-refractivity contribution in [2.24, 2.45) is 0 Å². The number of benzene rings is 3. The fourth-order valence-corrected chi connectivity index (χ4v) is 4.31. The van der Waals surface area contributed by atoms with E-state index >= 15 is 0 Å². The summed E-state index contributed by atoms with van der Waals surface area (Å²) in [5.41, 5.74) is 2.25. The van der Waals surface area contributed by atoms with E-state index in [-0.39, 0.29) is 11.3 Å². The highest BCUT2D eigenvalue weighted by atomic mass is 16.5. The van der Waals surface area contributed by atoms with Crippen molar-refractivity contribution < 1.29 is 24.2 Å². The van der Waals surface area contributed by atoms with Gasteiger partial charge in [-0.25, -0.2) is 0 Å². The van der Waals surface area contributed by atoms with Crippen LogP contribution in [0.4, 0.5) is 0 Å². The predicted octanol–water partition coefficient (Wildman–Crippen LogP) is 4.65. The lowest BCUT2D eigenvalue weighted by molar-refractivity contribution is -0.140. The van der Waals surface area contributed by atoms with Gasteiger partial charge in [-0.3, -0.25) is 9.59 Å². The van der Waals surface area contributed by atoms with Crippen molar-refractivity contribution in [3.05, 3.63) is 101 Å². The fraction of sp³-hybridized carbons (Fsp3) is 0.267. The first kappa shape index (κ1) is 26.0. The first-order valence-electron chi connectivity index (χ1n) is 12.3. The second-order valence-corrected chi connectivity index (χ2v) is 9.10. The van der Waals surface area contributed by atoms with Crippen molar-refractivity contribution in [2.75, 3.05) is 33.8 Å². The van der Waals surface area contributed by atoms with Gasteiger partial charge >= 0.3 is 0 Å². The Labute approximate surface area is 217 Å². The van der Waals surface area contributed by atoms with Gasteiger partial charge < -0.3 is 24.4 Å². The van der Waals surface area contributed by atoms with Crippen LogP contribution in [0.3, 0.4) is 0 Å². The van der Waals surface area contributed by atoms with Gasteiger partial charge in [0.15, 0.2) is 0 Å². The van der Waals surface area contributed by atoms with Gasteiger partial charge in [0.1, 0.15) is 23.9 Å². The summed E-state index contributed by atoms with van der Waals surface area (Å²) in [6.45, 7) is 3.68. The van der Waals surface area contributed by atoms with Gasteiger partial charge in [-0.15, -0.1) is 0 Å². The van der Waals surface area contributed by atoms with E-state index in [4.69, 9.17) is 9.47 Å². The molecule has 0 bridgehead atoms. The largest absolute Gasteiger partial charge is 0.507 e. The number of aliphatic hydroxyl groups is 1. The van der Waals surface area contributed by atoms with Gasteiger partial charge in [0.2, 0.25) is 0 Å². The van der Waals surface area contributed by atoms with Crippen LogP contribution in [0, 0.1) is 0 Å². The Morgan fingerprint density at radius 2 is 1.65 bits per heavy atom. The lowest BCUT2D eigenvalue weighted by atomic mass is 9.95. The van der Waals surface area contributed by atoms with Crippen molar-refractivity contribution in [1.82, 2.24) is 9.80 Å². The van der Waals surface area contributed by atoms with Crippen molar-refractivity contribution in [1.29, 1.82) is 0 Å². The smallest absolute Gasteiger partial charge is 0.295 e. The van der Waals surface area contributed by atoms with Crippen molar-refractivity contribution in [3.63, 3.8) is 0 Å². The van der Waals surface area contributed by atoms with Crippen molar-refractivity contribution in [3.8, 4) is 11.5 Å². The molecule has 1 N–H and O–H groups in total. The van der Waals surface area contributed by atoms with E-state index in [0.29, 0.717) is 48.9 Å². The summed E-state index contributed by atoms with van der Waals surface area (Å²) in [4.78, 5) is 29.8. The number of likely N-dealkylation sites (N-methyl/N-ethyl adjacent to an activating group) is 1. The molecule has 1 aliphatic heterocycles. The standard InChI is InChI=1S/C30H32N2O5/c1-4-36-25-12-8-11-23(19-25)28(33)26-27(32(18-17-31(2)3)30(35)29(26)34)22-13-15-24(16-14-22)37-20-21-9-6-5-7-10-21/h5-16,19,27,33H,4,17-18,20H2,1-3H3. The van der Waals surface area contributed by atoms with Crippen LogP contribution in [-0.2, 0) is 16.2 Å². The second-order valence-electron chi connectivity index (χ2n) is 9.10. The minimum absolute atomic E-state index is 0.0651. The van der Waals surface area contributed by atoms with Crippen molar-refractivity contribution in [2.45, 2.75) is 19.6 Å². The zero-order valence-electron chi connectivity index (χ0n) is 21.4. The monoisotopic (exact) mass is 500 g/mol. The molecule has 1 amide bonds. The molecule has 0 spiro atoms. The van der Waals surface area contributed by atoms with Crippen LogP contribution in [0.1, 0.15) is 29.7 Å². The maximum absolute atomic E-state index is 13.2. The summed E-state index contributed by atoms with van der Waals surface area (Å²) in [5.74, 6) is -0.306. The molecule has 7 heteroatoms. The molecule has 3 aromatic rings. The lowest BCUT2D eigenvalue weighted by Gasteiger charge is -2.26. The van der Waals surface area contributed by atoms with Crippen LogP contribution in [0.2, 0.25) is 0 Å². The molecule has 3 aromatic carbocycles. The Morgan fingerprint density at radius 1 is 0.919 bits per heavy atom. The highest BCUT2D eigenvalue weighted by Crippen LogP contribution is 2.40. The van der Waals surface area contributed by atoms with Gasteiger partial charge in [0.25, 0.3) is 11.7 Å². The minimum Gasteiger partial charge on any atom is -0.507 e. The highest BCUT2D eigenvalue weighted by molar-refractivity contribution is 6.46. The molecular weight excluding hydrogens is 468 g/mol. The highest BCUT2D eigenvalue weighted by Gasteiger charge is 2.45. The Morgan fingerprint density at radius 3 is 2.32 bits per heavy atom. The van der Waals surface area contributed by atoms with E-state index < -0.39 is 17.7 Å². The summed E-state index contributed by atoms with van der Waals surface area (Å²) >= 11 is 0. The number of rotatable bonds is 10. The Bertz CT molecular complexity index is 1270. The Balaban J connectivity index is 1.69. The van der Waals surface area contributed by atoms with Crippen LogP contribution < -0.4 is 9.47 Å². The fourth-order valence-electron chi connectivity index (χ4n) is 4.31.